The third kappa shape index (κ3) is 3.70. The third-order valence-electron chi connectivity index (χ3n) is 4.09. The van der Waals surface area contributed by atoms with Gasteiger partial charge in [-0.3, -0.25) is 14.3 Å². The Morgan fingerprint density at radius 1 is 1.43 bits per heavy atom. The first-order valence-electron chi connectivity index (χ1n) is 7.90. The van der Waals surface area contributed by atoms with Gasteiger partial charge in [-0.2, -0.15) is 5.10 Å². The van der Waals surface area contributed by atoms with E-state index in [1.54, 1.807) is 4.68 Å². The molecule has 3 rings (SSSR count). The number of carbonyl (C=O) groups excluding carboxylic acids is 2. The molecule has 0 radical (unpaired) electrons. The Kier molecular flexibility index (Phi) is 3.83. The Hall–Kier alpha value is -2.37. The van der Waals surface area contributed by atoms with Crippen molar-refractivity contribution in [1.29, 1.82) is 0 Å². The first kappa shape index (κ1) is 15.5. The predicted octanol–water partition coefficient (Wildman–Crippen LogP) is 1.79. The van der Waals surface area contributed by atoms with Crippen LogP contribution < -0.4 is 11.1 Å². The van der Waals surface area contributed by atoms with Crippen LogP contribution in [0.5, 0.6) is 0 Å². The largest absolute Gasteiger partial charge is 0.364 e. The van der Waals surface area contributed by atoms with Crippen molar-refractivity contribution in [2.45, 2.75) is 45.7 Å². The molecule has 2 aliphatic carbocycles. The number of nitrogens with two attached hydrogens (primary N) is 1. The van der Waals surface area contributed by atoms with Crippen molar-refractivity contribution in [1.82, 2.24) is 15.1 Å². The highest BCUT2D eigenvalue weighted by Gasteiger charge is 2.27. The highest BCUT2D eigenvalue weighted by atomic mass is 16.2. The van der Waals surface area contributed by atoms with Gasteiger partial charge in [-0.15, -0.1) is 0 Å². The molecule has 6 heteroatoms. The molecule has 2 amide bonds. The summed E-state index contributed by atoms with van der Waals surface area (Å²) in [7, 11) is 0. The van der Waals surface area contributed by atoms with Crippen molar-refractivity contribution in [2.24, 2.45) is 11.1 Å². The fourth-order valence-electron chi connectivity index (χ4n) is 2.78. The Morgan fingerprint density at radius 3 is 2.78 bits per heavy atom. The Labute approximate surface area is 135 Å². The quantitative estimate of drug-likeness (QED) is 0.868. The molecule has 0 unspecified atom stereocenters. The van der Waals surface area contributed by atoms with Gasteiger partial charge in [0, 0.05) is 12.1 Å². The molecule has 122 valence electrons. The van der Waals surface area contributed by atoms with Crippen LogP contribution in [-0.4, -0.2) is 27.6 Å². The van der Waals surface area contributed by atoms with Crippen LogP contribution in [0.4, 0.5) is 0 Å². The number of hydrogen-bond acceptors (Lipinski definition) is 3. The lowest BCUT2D eigenvalue weighted by molar-refractivity contribution is 0.0939. The number of aromatic nitrogens is 2. The first-order valence-corrected chi connectivity index (χ1v) is 7.90. The molecule has 1 heterocycles. The molecule has 0 atom stereocenters. The van der Waals surface area contributed by atoms with Crippen LogP contribution in [0, 0.1) is 5.41 Å². The van der Waals surface area contributed by atoms with E-state index in [1.807, 2.05) is 12.2 Å². The Bertz CT molecular complexity index is 708. The van der Waals surface area contributed by atoms with Gasteiger partial charge in [0.1, 0.15) is 5.69 Å². The lowest BCUT2D eigenvalue weighted by Gasteiger charge is -2.25. The molecular formula is C17H22N4O2. The van der Waals surface area contributed by atoms with Crippen molar-refractivity contribution >= 4 is 11.8 Å². The normalized spacial score (nSPS) is 19.3. The maximum Gasteiger partial charge on any atom is 0.269 e. The number of hydrogen-bond donors (Lipinski definition) is 2. The van der Waals surface area contributed by atoms with Crippen LogP contribution in [0.1, 0.15) is 54.1 Å². The number of nitrogens with one attached hydrogen (secondary N) is 1. The lowest BCUT2D eigenvalue weighted by atomic mass is 9.82. The summed E-state index contributed by atoms with van der Waals surface area (Å²) in [4.78, 5) is 23.8. The van der Waals surface area contributed by atoms with Gasteiger partial charge in [0.2, 0.25) is 0 Å². The van der Waals surface area contributed by atoms with Crippen LogP contribution in [0.25, 0.3) is 0 Å². The first-order chi connectivity index (χ1) is 10.8. The zero-order chi connectivity index (χ0) is 16.6. The predicted molar refractivity (Wildman–Crippen MR) is 86.9 cm³/mol. The van der Waals surface area contributed by atoms with Crippen molar-refractivity contribution < 1.29 is 9.59 Å². The van der Waals surface area contributed by atoms with E-state index in [4.69, 9.17) is 5.73 Å². The van der Waals surface area contributed by atoms with Gasteiger partial charge in [0.25, 0.3) is 11.8 Å². The molecule has 1 saturated carbocycles. The van der Waals surface area contributed by atoms with Crippen LogP contribution in [0.3, 0.4) is 0 Å². The molecule has 2 aliphatic rings. The maximum atomic E-state index is 12.4. The zero-order valence-electron chi connectivity index (χ0n) is 13.5. The average Bonchev–Trinajstić information content (AvgIpc) is 3.15. The molecule has 6 nitrogen and oxygen atoms in total. The lowest BCUT2D eigenvalue weighted by Crippen LogP contribution is -2.28. The molecule has 0 aromatic carbocycles. The van der Waals surface area contributed by atoms with E-state index in [-0.39, 0.29) is 23.1 Å². The van der Waals surface area contributed by atoms with E-state index < -0.39 is 5.91 Å². The van der Waals surface area contributed by atoms with Crippen molar-refractivity contribution in [3.63, 3.8) is 0 Å². The topological polar surface area (TPSA) is 90.0 Å². The van der Waals surface area contributed by atoms with Gasteiger partial charge >= 0.3 is 0 Å². The van der Waals surface area contributed by atoms with Crippen molar-refractivity contribution in [3.05, 3.63) is 41.3 Å². The standard InChI is InChI=1S/C17H22N4O2/c1-17(2)7-3-4-11(9-17)10-21-14(8-13(20-21)15(18)22)16(23)19-12-5-6-12/h3-4,7-8,12H,5-6,9-10H2,1-2H3,(H2,18,22)(H,19,23). The molecule has 1 aromatic rings. The number of rotatable bonds is 5. The molecule has 0 aliphatic heterocycles. The summed E-state index contributed by atoms with van der Waals surface area (Å²) in [6, 6.07) is 1.73. The second-order valence-electron chi connectivity index (χ2n) is 7.03. The fourth-order valence-corrected chi connectivity index (χ4v) is 2.78. The molecule has 0 bridgehead atoms. The summed E-state index contributed by atoms with van der Waals surface area (Å²) in [5, 5.41) is 7.15. The second-order valence-corrected chi connectivity index (χ2v) is 7.03. The number of primary amides is 1. The molecule has 1 aromatic heterocycles. The summed E-state index contributed by atoms with van der Waals surface area (Å²) in [5.74, 6) is -0.819. The summed E-state index contributed by atoms with van der Waals surface area (Å²) in [5.41, 5.74) is 7.07. The van der Waals surface area contributed by atoms with Gasteiger partial charge in [-0.05, 0) is 30.3 Å². The summed E-state index contributed by atoms with van der Waals surface area (Å²) in [6.45, 7) is 4.80. The van der Waals surface area contributed by atoms with Crippen LogP contribution in [0.15, 0.2) is 29.9 Å². The van der Waals surface area contributed by atoms with Gasteiger partial charge < -0.3 is 11.1 Å². The van der Waals surface area contributed by atoms with Crippen molar-refractivity contribution in [3.8, 4) is 0 Å². The van der Waals surface area contributed by atoms with Gasteiger partial charge in [0.15, 0.2) is 5.69 Å². The van der Waals surface area contributed by atoms with Crippen LogP contribution >= 0.6 is 0 Å². The minimum atomic E-state index is -0.623. The molecule has 3 N–H and O–H groups in total. The van der Waals surface area contributed by atoms with E-state index in [0.29, 0.717) is 12.2 Å². The number of allylic oxidation sites excluding steroid dienone is 4. The van der Waals surface area contributed by atoms with E-state index in [2.05, 4.69) is 30.3 Å². The van der Waals surface area contributed by atoms with Gasteiger partial charge in [0.05, 0.1) is 6.54 Å². The molecule has 1 fully saturated rings. The Balaban J connectivity index is 1.84. The van der Waals surface area contributed by atoms with E-state index in [1.165, 1.54) is 6.07 Å². The summed E-state index contributed by atoms with van der Waals surface area (Å²) in [6.07, 6.45) is 9.13. The fraction of sp³-hybridized carbons (Fsp3) is 0.471. The number of carbonyl (C=O) groups is 2. The van der Waals surface area contributed by atoms with Crippen LogP contribution in [0.2, 0.25) is 0 Å². The smallest absolute Gasteiger partial charge is 0.269 e. The van der Waals surface area contributed by atoms with Gasteiger partial charge in [-0.25, -0.2) is 0 Å². The minimum Gasteiger partial charge on any atom is -0.364 e. The van der Waals surface area contributed by atoms with E-state index in [9.17, 15) is 9.59 Å². The number of nitrogens with zero attached hydrogens (tertiary/aromatic N) is 2. The van der Waals surface area contributed by atoms with Crippen LogP contribution in [-0.2, 0) is 6.54 Å². The third-order valence-corrected chi connectivity index (χ3v) is 4.09. The minimum absolute atomic E-state index is 0.0835. The maximum absolute atomic E-state index is 12.4. The summed E-state index contributed by atoms with van der Waals surface area (Å²) >= 11 is 0. The monoisotopic (exact) mass is 314 g/mol. The van der Waals surface area contributed by atoms with Gasteiger partial charge in [-0.1, -0.05) is 32.1 Å². The zero-order valence-corrected chi connectivity index (χ0v) is 13.5. The highest BCUT2D eigenvalue weighted by Crippen LogP contribution is 2.31. The molecular weight excluding hydrogens is 292 g/mol. The summed E-state index contributed by atoms with van der Waals surface area (Å²) < 4.78 is 1.58. The number of amides is 2. The SMILES string of the molecule is CC1(C)C=CC=C(Cn2nc(C(N)=O)cc2C(=O)NC2CC2)C1. The van der Waals surface area contributed by atoms with E-state index in [0.717, 1.165) is 24.8 Å². The average molecular weight is 314 g/mol. The van der Waals surface area contributed by atoms with E-state index >= 15 is 0 Å². The highest BCUT2D eigenvalue weighted by molar-refractivity contribution is 5.97. The molecule has 0 saturated heterocycles. The Morgan fingerprint density at radius 2 is 2.17 bits per heavy atom. The second kappa shape index (κ2) is 5.68. The molecule has 23 heavy (non-hydrogen) atoms. The molecule has 0 spiro atoms. The van der Waals surface area contributed by atoms with Crippen molar-refractivity contribution in [2.75, 3.05) is 0 Å².